The molecular weight excluding hydrogens is 344 g/mol. The Hall–Kier alpha value is -2.73. The summed E-state index contributed by atoms with van der Waals surface area (Å²) in [6.45, 7) is 3.45. The van der Waals surface area contributed by atoms with Gasteiger partial charge < -0.3 is 20.5 Å². The quantitative estimate of drug-likeness (QED) is 0.825. The fourth-order valence-electron chi connectivity index (χ4n) is 2.12. The predicted octanol–water partition coefficient (Wildman–Crippen LogP) is 3.16. The third-order valence-corrected chi connectivity index (χ3v) is 3.97. The molecule has 0 aliphatic rings. The fraction of sp³-hybridized carbons (Fsp3) is 0.222. The summed E-state index contributed by atoms with van der Waals surface area (Å²) >= 11 is 6.06. The molecule has 0 radical (unpaired) electrons. The van der Waals surface area contributed by atoms with Gasteiger partial charge in [-0.15, -0.1) is 0 Å². The lowest BCUT2D eigenvalue weighted by atomic mass is 10.2. The molecule has 2 amide bonds. The SMILES string of the molecule is COc1cc(Cl)c(C)cc1NC(=O)[C@H](C)Oc1ccc(C(N)=O)cc1. The summed E-state index contributed by atoms with van der Waals surface area (Å²) in [5.41, 5.74) is 6.87. The van der Waals surface area contributed by atoms with E-state index >= 15 is 0 Å². The number of hydrogen-bond acceptors (Lipinski definition) is 4. The molecule has 0 saturated carbocycles. The van der Waals surface area contributed by atoms with Gasteiger partial charge in [-0.3, -0.25) is 9.59 Å². The molecule has 2 rings (SSSR count). The van der Waals surface area contributed by atoms with Gasteiger partial charge in [0, 0.05) is 16.7 Å². The highest BCUT2D eigenvalue weighted by molar-refractivity contribution is 6.31. The Balaban J connectivity index is 2.07. The lowest BCUT2D eigenvalue weighted by Crippen LogP contribution is -2.30. The maximum absolute atomic E-state index is 12.4. The largest absolute Gasteiger partial charge is 0.495 e. The van der Waals surface area contributed by atoms with Crippen LogP contribution in [0.3, 0.4) is 0 Å². The molecule has 2 aromatic carbocycles. The smallest absolute Gasteiger partial charge is 0.265 e. The molecular formula is C18H19ClN2O4. The molecule has 0 heterocycles. The molecule has 6 nitrogen and oxygen atoms in total. The first-order valence-corrected chi connectivity index (χ1v) is 7.91. The van der Waals surface area contributed by atoms with Crippen LogP contribution in [0.15, 0.2) is 36.4 Å². The first-order valence-electron chi connectivity index (χ1n) is 7.53. The van der Waals surface area contributed by atoms with E-state index in [1.807, 2.05) is 6.92 Å². The van der Waals surface area contributed by atoms with Crippen LogP contribution >= 0.6 is 11.6 Å². The highest BCUT2D eigenvalue weighted by Crippen LogP contribution is 2.31. The van der Waals surface area contributed by atoms with Gasteiger partial charge in [-0.25, -0.2) is 0 Å². The molecule has 0 aliphatic carbocycles. The van der Waals surface area contributed by atoms with E-state index in [0.29, 0.717) is 27.8 Å². The zero-order chi connectivity index (χ0) is 18.6. The summed E-state index contributed by atoms with van der Waals surface area (Å²) in [7, 11) is 1.50. The Kier molecular flexibility index (Phi) is 5.88. The van der Waals surface area contributed by atoms with Gasteiger partial charge in [0.25, 0.3) is 5.91 Å². The minimum atomic E-state index is -0.764. The van der Waals surface area contributed by atoms with Crippen molar-refractivity contribution in [3.05, 3.63) is 52.5 Å². The van der Waals surface area contributed by atoms with E-state index in [4.69, 9.17) is 26.8 Å². The summed E-state index contributed by atoms with van der Waals surface area (Å²) in [5.74, 6) is 0.0374. The van der Waals surface area contributed by atoms with Crippen molar-refractivity contribution in [2.75, 3.05) is 12.4 Å². The molecule has 0 spiro atoms. The number of benzene rings is 2. The van der Waals surface area contributed by atoms with Crippen LogP contribution in [0.1, 0.15) is 22.8 Å². The van der Waals surface area contributed by atoms with Gasteiger partial charge in [0.1, 0.15) is 11.5 Å². The van der Waals surface area contributed by atoms with Gasteiger partial charge in [-0.1, -0.05) is 11.6 Å². The second-order valence-corrected chi connectivity index (χ2v) is 5.85. The number of amides is 2. The van der Waals surface area contributed by atoms with Gasteiger partial charge in [0.2, 0.25) is 5.91 Å². The number of rotatable bonds is 6. The number of carbonyl (C=O) groups is 2. The van der Waals surface area contributed by atoms with Crippen molar-refractivity contribution in [1.82, 2.24) is 0 Å². The predicted molar refractivity (Wildman–Crippen MR) is 96.4 cm³/mol. The van der Waals surface area contributed by atoms with Gasteiger partial charge in [-0.05, 0) is 49.7 Å². The van der Waals surface area contributed by atoms with E-state index in [1.54, 1.807) is 31.2 Å². The second kappa shape index (κ2) is 7.90. The third-order valence-electron chi connectivity index (χ3n) is 3.56. The molecule has 0 unspecified atom stereocenters. The molecule has 132 valence electrons. The van der Waals surface area contributed by atoms with E-state index in [1.165, 1.54) is 19.2 Å². The Labute approximate surface area is 150 Å². The molecule has 7 heteroatoms. The average Bonchev–Trinajstić information content (AvgIpc) is 2.58. The van der Waals surface area contributed by atoms with Crippen LogP contribution in [0.4, 0.5) is 5.69 Å². The molecule has 1 atom stereocenters. The topological polar surface area (TPSA) is 90.7 Å². The van der Waals surface area contributed by atoms with Crippen LogP contribution < -0.4 is 20.5 Å². The standard InChI is InChI=1S/C18H19ClN2O4/c1-10-8-15(16(24-3)9-14(10)19)21-18(23)11(2)25-13-6-4-12(5-7-13)17(20)22/h4-9,11H,1-3H3,(H2,20,22)(H,21,23)/t11-/m0/s1. The Morgan fingerprint density at radius 2 is 1.84 bits per heavy atom. The van der Waals surface area contributed by atoms with Crippen LogP contribution in [0.5, 0.6) is 11.5 Å². The van der Waals surface area contributed by atoms with Crippen molar-refractivity contribution in [2.45, 2.75) is 20.0 Å². The molecule has 0 aromatic heterocycles. The monoisotopic (exact) mass is 362 g/mol. The van der Waals surface area contributed by atoms with Crippen LogP contribution in [0.25, 0.3) is 0 Å². The number of aryl methyl sites for hydroxylation is 1. The maximum Gasteiger partial charge on any atom is 0.265 e. The number of ether oxygens (including phenoxy) is 2. The molecule has 3 N–H and O–H groups in total. The minimum Gasteiger partial charge on any atom is -0.495 e. The highest BCUT2D eigenvalue weighted by Gasteiger charge is 2.17. The maximum atomic E-state index is 12.4. The van der Waals surface area contributed by atoms with Crippen LogP contribution in [-0.2, 0) is 4.79 Å². The number of primary amides is 1. The zero-order valence-corrected chi connectivity index (χ0v) is 14.9. The number of hydrogen-bond donors (Lipinski definition) is 2. The van der Waals surface area contributed by atoms with E-state index < -0.39 is 12.0 Å². The minimum absolute atomic E-state index is 0.348. The zero-order valence-electron chi connectivity index (χ0n) is 14.1. The van der Waals surface area contributed by atoms with Crippen molar-refractivity contribution in [2.24, 2.45) is 5.73 Å². The molecule has 0 bridgehead atoms. The normalized spacial score (nSPS) is 11.5. The van der Waals surface area contributed by atoms with E-state index in [0.717, 1.165) is 5.56 Å². The number of nitrogens with two attached hydrogens (primary N) is 1. The van der Waals surface area contributed by atoms with Crippen molar-refractivity contribution in [3.8, 4) is 11.5 Å². The third kappa shape index (κ3) is 4.64. The Bertz CT molecular complexity index is 790. The van der Waals surface area contributed by atoms with Crippen molar-refractivity contribution in [3.63, 3.8) is 0 Å². The summed E-state index contributed by atoms with van der Waals surface area (Å²) < 4.78 is 10.8. The fourth-order valence-corrected chi connectivity index (χ4v) is 2.27. The lowest BCUT2D eigenvalue weighted by Gasteiger charge is -2.17. The van der Waals surface area contributed by atoms with E-state index in [2.05, 4.69) is 5.32 Å². The lowest BCUT2D eigenvalue weighted by molar-refractivity contribution is -0.122. The summed E-state index contributed by atoms with van der Waals surface area (Å²) in [6, 6.07) is 9.60. The number of carbonyl (C=O) groups excluding carboxylic acids is 2. The first-order chi connectivity index (χ1) is 11.8. The van der Waals surface area contributed by atoms with Gasteiger partial charge in [0.15, 0.2) is 6.10 Å². The molecule has 0 fully saturated rings. The first kappa shape index (κ1) is 18.6. The highest BCUT2D eigenvalue weighted by atomic mass is 35.5. The number of nitrogens with one attached hydrogen (secondary N) is 1. The molecule has 0 saturated heterocycles. The van der Waals surface area contributed by atoms with Crippen molar-refractivity contribution >= 4 is 29.1 Å². The summed E-state index contributed by atoms with van der Waals surface area (Å²) in [5, 5.41) is 3.31. The Morgan fingerprint density at radius 3 is 2.40 bits per heavy atom. The van der Waals surface area contributed by atoms with Gasteiger partial charge >= 0.3 is 0 Å². The molecule has 25 heavy (non-hydrogen) atoms. The number of halogens is 1. The van der Waals surface area contributed by atoms with Gasteiger partial charge in [0.05, 0.1) is 12.8 Å². The van der Waals surface area contributed by atoms with Crippen LogP contribution in [-0.4, -0.2) is 25.0 Å². The van der Waals surface area contributed by atoms with Crippen LogP contribution in [0.2, 0.25) is 5.02 Å². The van der Waals surface area contributed by atoms with Gasteiger partial charge in [-0.2, -0.15) is 0 Å². The molecule has 2 aromatic rings. The summed E-state index contributed by atoms with van der Waals surface area (Å²) in [4.78, 5) is 23.4. The average molecular weight is 363 g/mol. The molecule has 0 aliphatic heterocycles. The Morgan fingerprint density at radius 1 is 1.20 bits per heavy atom. The summed E-state index contributed by atoms with van der Waals surface area (Å²) in [6.07, 6.45) is -0.764. The number of methoxy groups -OCH3 is 1. The van der Waals surface area contributed by atoms with Crippen molar-refractivity contribution < 1.29 is 19.1 Å². The van der Waals surface area contributed by atoms with E-state index in [-0.39, 0.29) is 5.91 Å². The van der Waals surface area contributed by atoms with E-state index in [9.17, 15) is 9.59 Å². The number of anilines is 1. The second-order valence-electron chi connectivity index (χ2n) is 5.44. The van der Waals surface area contributed by atoms with Crippen molar-refractivity contribution in [1.29, 1.82) is 0 Å². The van der Waals surface area contributed by atoms with Crippen LogP contribution in [0, 0.1) is 6.92 Å².